The first-order valence-corrected chi connectivity index (χ1v) is 18.5. The van der Waals surface area contributed by atoms with Crippen molar-refractivity contribution in [3.05, 3.63) is 200 Å². The number of para-hydroxylation sites is 1. The molecule has 4 heteroatoms. The molecule has 0 fully saturated rings. The Hall–Kier alpha value is -7.43. The molecule has 0 atom stereocenters. The number of fused-ring (bicyclic) bond motifs is 3. The lowest BCUT2D eigenvalue weighted by Crippen LogP contribution is -2.03. The minimum atomic E-state index is 0.751. The molecule has 55 heavy (non-hydrogen) atoms. The van der Waals surface area contributed by atoms with Gasteiger partial charge in [-0.1, -0.05) is 182 Å². The Morgan fingerprint density at radius 2 is 0.818 bits per heavy atom. The minimum absolute atomic E-state index is 0.751. The van der Waals surface area contributed by atoms with Crippen LogP contribution in [0, 0.1) is 0 Å². The maximum Gasteiger partial charge on any atom is 0.136 e. The summed E-state index contributed by atoms with van der Waals surface area (Å²) in [5, 5.41) is 16.3. The molecule has 2 aromatic heterocycles. The van der Waals surface area contributed by atoms with Crippen LogP contribution < -0.4 is 0 Å². The van der Waals surface area contributed by atoms with Crippen LogP contribution in [0.3, 0.4) is 0 Å². The molecule has 0 unspecified atom stereocenters. The van der Waals surface area contributed by atoms with Gasteiger partial charge in [0.1, 0.15) is 22.6 Å². The average molecular weight is 704 g/mol. The van der Waals surface area contributed by atoms with E-state index in [1.807, 2.05) is 36.4 Å². The summed E-state index contributed by atoms with van der Waals surface area (Å²) in [7, 11) is 0. The molecule has 0 N–H and O–H groups in total. The Morgan fingerprint density at radius 1 is 0.291 bits per heavy atom. The van der Waals surface area contributed by atoms with Crippen LogP contribution in [0.4, 0.5) is 0 Å². The van der Waals surface area contributed by atoms with Gasteiger partial charge in [-0.05, 0) is 67.9 Å². The molecule has 10 aromatic rings. The number of aromatic nitrogens is 3. The fraction of sp³-hybridized carbons (Fsp3) is 0. The van der Waals surface area contributed by atoms with E-state index in [1.165, 1.54) is 0 Å². The van der Waals surface area contributed by atoms with Crippen molar-refractivity contribution in [2.24, 2.45) is 0 Å². The zero-order valence-corrected chi connectivity index (χ0v) is 29.8. The van der Waals surface area contributed by atoms with Gasteiger partial charge in [-0.2, -0.15) is 0 Å². The van der Waals surface area contributed by atoms with Gasteiger partial charge in [-0.15, -0.1) is 10.2 Å². The fourth-order valence-corrected chi connectivity index (χ4v) is 7.96. The molecule has 0 saturated heterocycles. The third kappa shape index (κ3) is 5.68. The van der Waals surface area contributed by atoms with Crippen molar-refractivity contribution in [2.45, 2.75) is 0 Å². The topological polar surface area (TPSA) is 51.8 Å². The maximum atomic E-state index is 6.61. The van der Waals surface area contributed by atoms with Gasteiger partial charge in [0.05, 0.1) is 0 Å². The summed E-state index contributed by atoms with van der Waals surface area (Å²) in [6.45, 7) is 0. The highest BCUT2D eigenvalue weighted by Gasteiger charge is 2.27. The van der Waals surface area contributed by atoms with E-state index in [-0.39, 0.29) is 0 Å². The predicted octanol–water partition coefficient (Wildman–Crippen LogP) is 13.4. The lowest BCUT2D eigenvalue weighted by atomic mass is 9.81. The Labute approximate surface area is 319 Å². The summed E-state index contributed by atoms with van der Waals surface area (Å²) < 4.78 is 6.61. The van der Waals surface area contributed by atoms with E-state index in [2.05, 4.69) is 169 Å². The molecular weight excluding hydrogens is 671 g/mol. The van der Waals surface area contributed by atoms with Crippen molar-refractivity contribution >= 4 is 21.9 Å². The second-order valence-corrected chi connectivity index (χ2v) is 13.6. The van der Waals surface area contributed by atoms with Crippen molar-refractivity contribution in [2.75, 3.05) is 0 Å². The SMILES string of the molecule is c1ccc(-c2ccccc2-c2ccc3oc4ccccc4c3c2-c2cccc(-c3ccccc3)c2-c2nnnc(-c3ccccc3)c2-c2ccccc2)cc1. The number of hydrogen-bond donors (Lipinski definition) is 0. The molecule has 0 aliphatic rings. The number of benzene rings is 8. The molecule has 0 saturated carbocycles. The first kappa shape index (κ1) is 32.2. The summed E-state index contributed by atoms with van der Waals surface area (Å²) in [5.74, 6) is 0. The molecule has 0 aliphatic carbocycles. The fourth-order valence-electron chi connectivity index (χ4n) is 7.96. The van der Waals surface area contributed by atoms with Crippen LogP contribution in [-0.4, -0.2) is 15.4 Å². The Bertz CT molecular complexity index is 2960. The van der Waals surface area contributed by atoms with Crippen LogP contribution in [0.5, 0.6) is 0 Å². The monoisotopic (exact) mass is 703 g/mol. The van der Waals surface area contributed by atoms with Gasteiger partial charge in [0, 0.05) is 33.0 Å². The van der Waals surface area contributed by atoms with Crippen LogP contribution in [0.25, 0.3) is 100 Å². The second kappa shape index (κ2) is 13.8. The summed E-state index contributed by atoms with van der Waals surface area (Å²) in [5.41, 5.74) is 15.8. The molecule has 2 heterocycles. The lowest BCUT2D eigenvalue weighted by molar-refractivity contribution is 0.669. The van der Waals surface area contributed by atoms with Crippen molar-refractivity contribution in [1.82, 2.24) is 15.4 Å². The van der Waals surface area contributed by atoms with Crippen molar-refractivity contribution < 1.29 is 4.42 Å². The van der Waals surface area contributed by atoms with E-state index in [1.54, 1.807) is 0 Å². The van der Waals surface area contributed by atoms with Crippen LogP contribution in [0.2, 0.25) is 0 Å². The standard InChI is InChI=1S/C51H33N3O/c1-5-18-34(19-6-1)38-26-13-14-27-40(38)41-32-33-45-49(42-28-15-16-31-44(42)55-45)47(41)43-30-17-29-39(35-20-7-2-8-21-35)48(43)51-46(36-22-9-3-10-23-36)50(52-54-53-51)37-24-11-4-12-25-37/h1-33H. The molecule has 10 rings (SSSR count). The van der Waals surface area contributed by atoms with Crippen LogP contribution in [0.15, 0.2) is 205 Å². The Kier molecular flexibility index (Phi) is 8.12. The highest BCUT2D eigenvalue weighted by molar-refractivity contribution is 6.19. The largest absolute Gasteiger partial charge is 0.456 e. The van der Waals surface area contributed by atoms with Gasteiger partial charge in [-0.3, -0.25) is 0 Å². The molecule has 4 nitrogen and oxygen atoms in total. The zero-order valence-electron chi connectivity index (χ0n) is 29.8. The van der Waals surface area contributed by atoms with Crippen molar-refractivity contribution in [3.63, 3.8) is 0 Å². The highest BCUT2D eigenvalue weighted by Crippen LogP contribution is 2.51. The third-order valence-electron chi connectivity index (χ3n) is 10.4. The molecule has 0 bridgehead atoms. The van der Waals surface area contributed by atoms with E-state index >= 15 is 0 Å². The molecule has 0 radical (unpaired) electrons. The number of furan rings is 1. The van der Waals surface area contributed by atoms with Gasteiger partial charge in [0.2, 0.25) is 0 Å². The maximum absolute atomic E-state index is 6.61. The molecule has 8 aromatic carbocycles. The first-order valence-electron chi connectivity index (χ1n) is 18.5. The molecule has 0 aliphatic heterocycles. The van der Waals surface area contributed by atoms with E-state index in [4.69, 9.17) is 14.6 Å². The normalized spacial score (nSPS) is 11.3. The highest BCUT2D eigenvalue weighted by atomic mass is 16.3. The van der Waals surface area contributed by atoms with Crippen LogP contribution in [0.1, 0.15) is 0 Å². The average Bonchev–Trinajstić information content (AvgIpc) is 3.66. The van der Waals surface area contributed by atoms with Crippen molar-refractivity contribution in [3.8, 4) is 78.1 Å². The number of rotatable bonds is 7. The Balaban J connectivity index is 1.38. The lowest BCUT2D eigenvalue weighted by Gasteiger charge is -2.22. The second-order valence-electron chi connectivity index (χ2n) is 13.6. The first-order chi connectivity index (χ1) is 27.3. The van der Waals surface area contributed by atoms with Gasteiger partial charge < -0.3 is 4.42 Å². The van der Waals surface area contributed by atoms with Crippen LogP contribution >= 0.6 is 0 Å². The number of hydrogen-bond acceptors (Lipinski definition) is 4. The number of nitrogens with zero attached hydrogens (tertiary/aromatic N) is 3. The van der Waals surface area contributed by atoms with Crippen LogP contribution in [-0.2, 0) is 0 Å². The van der Waals surface area contributed by atoms with Crippen molar-refractivity contribution in [1.29, 1.82) is 0 Å². The van der Waals surface area contributed by atoms with E-state index in [9.17, 15) is 0 Å². The summed E-state index contributed by atoms with van der Waals surface area (Å²) in [6.07, 6.45) is 0. The molecular formula is C51H33N3O. The summed E-state index contributed by atoms with van der Waals surface area (Å²) in [6, 6.07) is 69.8. The van der Waals surface area contributed by atoms with E-state index in [0.717, 1.165) is 100 Å². The van der Waals surface area contributed by atoms with E-state index < -0.39 is 0 Å². The molecule has 0 amide bonds. The predicted molar refractivity (Wildman–Crippen MR) is 225 cm³/mol. The summed E-state index contributed by atoms with van der Waals surface area (Å²) >= 11 is 0. The zero-order chi connectivity index (χ0) is 36.6. The molecule has 0 spiro atoms. The minimum Gasteiger partial charge on any atom is -0.456 e. The van der Waals surface area contributed by atoms with Gasteiger partial charge in [-0.25, -0.2) is 0 Å². The summed E-state index contributed by atoms with van der Waals surface area (Å²) in [4.78, 5) is 0. The van der Waals surface area contributed by atoms with Gasteiger partial charge >= 0.3 is 0 Å². The quantitative estimate of drug-likeness (QED) is 0.166. The Morgan fingerprint density at radius 3 is 1.53 bits per heavy atom. The smallest absolute Gasteiger partial charge is 0.136 e. The molecule has 258 valence electrons. The van der Waals surface area contributed by atoms with Gasteiger partial charge in [0.25, 0.3) is 0 Å². The van der Waals surface area contributed by atoms with Gasteiger partial charge in [0.15, 0.2) is 0 Å². The van der Waals surface area contributed by atoms with E-state index in [0.29, 0.717) is 0 Å². The third-order valence-corrected chi connectivity index (χ3v) is 10.4.